The number of hydrogen-bond donors (Lipinski definition) is 0. The predicted molar refractivity (Wildman–Crippen MR) is 105 cm³/mol. The molecular weight excluding hydrogens is 386 g/mol. The van der Waals surface area contributed by atoms with Crippen molar-refractivity contribution in [3.63, 3.8) is 0 Å². The number of ether oxygens (including phenoxy) is 1. The molecule has 1 aliphatic heterocycles. The summed E-state index contributed by atoms with van der Waals surface area (Å²) in [5, 5.41) is 0. The molecule has 1 saturated heterocycles. The Balaban J connectivity index is 1.64. The van der Waals surface area contributed by atoms with Gasteiger partial charge in [-0.2, -0.15) is 0 Å². The number of rotatable bonds is 6. The van der Waals surface area contributed by atoms with E-state index in [9.17, 15) is 18.0 Å². The topological polar surface area (TPSA) is 80.8 Å². The summed E-state index contributed by atoms with van der Waals surface area (Å²) in [5.41, 5.74) is 0.400. The Morgan fingerprint density at radius 1 is 1.11 bits per heavy atom. The first-order valence-electron chi connectivity index (χ1n) is 9.22. The van der Waals surface area contributed by atoms with E-state index >= 15 is 0 Å². The van der Waals surface area contributed by atoms with Crippen LogP contribution in [0.25, 0.3) is 0 Å². The molecule has 0 spiro atoms. The van der Waals surface area contributed by atoms with Gasteiger partial charge in [-0.25, -0.2) is 13.2 Å². The van der Waals surface area contributed by atoms with Crippen molar-refractivity contribution < 1.29 is 22.7 Å². The Kier molecular flexibility index (Phi) is 6.47. The van der Waals surface area contributed by atoms with E-state index < -0.39 is 15.8 Å². The van der Waals surface area contributed by atoms with Crippen LogP contribution >= 0.6 is 11.8 Å². The zero-order valence-corrected chi connectivity index (χ0v) is 17.1. The molecule has 6 nitrogen and oxygen atoms in total. The molecule has 0 bridgehead atoms. The van der Waals surface area contributed by atoms with Crippen LogP contribution in [-0.4, -0.2) is 61.6 Å². The maximum Gasteiger partial charge on any atom is 0.338 e. The van der Waals surface area contributed by atoms with Gasteiger partial charge in [-0.05, 0) is 49.8 Å². The third kappa shape index (κ3) is 5.04. The van der Waals surface area contributed by atoms with Gasteiger partial charge >= 0.3 is 5.97 Å². The lowest BCUT2D eigenvalue weighted by atomic mass is 10.1. The highest BCUT2D eigenvalue weighted by Gasteiger charge is 2.39. The zero-order valence-electron chi connectivity index (χ0n) is 15.4. The summed E-state index contributed by atoms with van der Waals surface area (Å²) in [6.45, 7) is -0.351. The molecule has 0 unspecified atom stereocenters. The highest BCUT2D eigenvalue weighted by molar-refractivity contribution is 7.98. The fourth-order valence-electron chi connectivity index (χ4n) is 3.89. The molecular formula is C19H25NO5S2. The second-order valence-corrected chi connectivity index (χ2v) is 10.2. The number of sulfone groups is 1. The van der Waals surface area contributed by atoms with Crippen LogP contribution in [0.1, 0.15) is 42.5 Å². The van der Waals surface area contributed by atoms with Crippen molar-refractivity contribution in [1.29, 1.82) is 0 Å². The molecule has 1 aromatic rings. The number of nitrogens with zero attached hydrogens (tertiary/aromatic N) is 1. The van der Waals surface area contributed by atoms with Crippen LogP contribution in [0.15, 0.2) is 29.2 Å². The minimum Gasteiger partial charge on any atom is -0.452 e. The first kappa shape index (κ1) is 20.2. The maximum absolute atomic E-state index is 12.8. The average molecular weight is 412 g/mol. The minimum absolute atomic E-state index is 0.0132. The molecule has 148 valence electrons. The Hall–Kier alpha value is -1.54. The number of carbonyl (C=O) groups excluding carboxylic acids is 2. The van der Waals surface area contributed by atoms with Crippen LogP contribution in [0.4, 0.5) is 0 Å². The van der Waals surface area contributed by atoms with Crippen LogP contribution in [0, 0.1) is 0 Å². The highest BCUT2D eigenvalue weighted by Crippen LogP contribution is 2.29. The van der Waals surface area contributed by atoms with Crippen LogP contribution in [0.2, 0.25) is 0 Å². The Labute approximate surface area is 164 Å². The van der Waals surface area contributed by atoms with Gasteiger partial charge in [0.1, 0.15) is 0 Å². The van der Waals surface area contributed by atoms with Gasteiger partial charge in [0.2, 0.25) is 0 Å². The van der Waals surface area contributed by atoms with Gasteiger partial charge in [-0.1, -0.05) is 12.8 Å². The molecule has 1 heterocycles. The van der Waals surface area contributed by atoms with Crippen molar-refractivity contribution in [2.75, 3.05) is 24.4 Å². The number of amides is 1. The molecule has 0 radical (unpaired) electrons. The van der Waals surface area contributed by atoms with Crippen LogP contribution in [0.3, 0.4) is 0 Å². The lowest BCUT2D eigenvalue weighted by molar-refractivity contribution is -0.139. The largest absolute Gasteiger partial charge is 0.452 e. The Bertz CT molecular complexity index is 785. The first-order chi connectivity index (χ1) is 12.9. The minimum atomic E-state index is -3.09. The molecule has 2 aliphatic rings. The van der Waals surface area contributed by atoms with E-state index in [0.717, 1.165) is 30.6 Å². The highest BCUT2D eigenvalue weighted by atomic mass is 32.2. The third-order valence-corrected chi connectivity index (χ3v) is 7.75. The molecule has 3 rings (SSSR count). The van der Waals surface area contributed by atoms with Crippen molar-refractivity contribution in [2.24, 2.45) is 0 Å². The second kappa shape index (κ2) is 8.65. The second-order valence-electron chi connectivity index (χ2n) is 7.10. The fourth-order valence-corrected chi connectivity index (χ4v) is 6.01. The van der Waals surface area contributed by atoms with Crippen LogP contribution in [0.5, 0.6) is 0 Å². The summed E-state index contributed by atoms with van der Waals surface area (Å²) in [6.07, 6.45) is 6.26. The van der Waals surface area contributed by atoms with Crippen molar-refractivity contribution in [2.45, 2.75) is 49.1 Å². The lowest BCUT2D eigenvalue weighted by Crippen LogP contribution is -2.48. The van der Waals surface area contributed by atoms with E-state index in [1.807, 2.05) is 18.4 Å². The summed E-state index contributed by atoms with van der Waals surface area (Å²) >= 11 is 1.58. The van der Waals surface area contributed by atoms with E-state index in [-0.39, 0.29) is 36.1 Å². The molecule has 1 saturated carbocycles. The molecule has 2 fully saturated rings. The van der Waals surface area contributed by atoms with Crippen molar-refractivity contribution in [1.82, 2.24) is 4.90 Å². The molecule has 1 aliphatic carbocycles. The van der Waals surface area contributed by atoms with E-state index in [2.05, 4.69) is 0 Å². The standard InChI is InChI=1S/C19H25NO5S2/c1-26-17-8-6-14(7-9-17)19(22)25-12-18(21)20(15-4-2-3-5-15)16-10-11-27(23,24)13-16/h6-9,15-16H,2-5,10-13H2,1H3/t16-/m0/s1. The van der Waals surface area contributed by atoms with E-state index in [4.69, 9.17) is 4.74 Å². The summed E-state index contributed by atoms with van der Waals surface area (Å²) in [6, 6.07) is 6.77. The van der Waals surface area contributed by atoms with Gasteiger partial charge in [0.15, 0.2) is 16.4 Å². The third-order valence-electron chi connectivity index (χ3n) is 5.26. The van der Waals surface area contributed by atoms with Gasteiger partial charge < -0.3 is 9.64 Å². The first-order valence-corrected chi connectivity index (χ1v) is 12.3. The monoisotopic (exact) mass is 411 g/mol. The van der Waals surface area contributed by atoms with Crippen molar-refractivity contribution in [3.05, 3.63) is 29.8 Å². The van der Waals surface area contributed by atoms with Crippen molar-refractivity contribution in [3.8, 4) is 0 Å². The number of thioether (sulfide) groups is 1. The summed E-state index contributed by atoms with van der Waals surface area (Å²) < 4.78 is 29.0. The van der Waals surface area contributed by atoms with Gasteiger partial charge in [0.25, 0.3) is 5.91 Å². The van der Waals surface area contributed by atoms with Crippen LogP contribution < -0.4 is 0 Å². The number of esters is 1. The smallest absolute Gasteiger partial charge is 0.338 e. The van der Waals surface area contributed by atoms with Gasteiger partial charge in [0.05, 0.1) is 17.1 Å². The number of carbonyl (C=O) groups is 2. The Morgan fingerprint density at radius 3 is 2.33 bits per heavy atom. The van der Waals surface area contributed by atoms with Crippen LogP contribution in [-0.2, 0) is 19.4 Å². The van der Waals surface area contributed by atoms with E-state index in [1.165, 1.54) is 0 Å². The van der Waals surface area contributed by atoms with E-state index in [1.54, 1.807) is 28.8 Å². The molecule has 0 aromatic heterocycles. The molecule has 0 N–H and O–H groups in total. The fraction of sp³-hybridized carbons (Fsp3) is 0.579. The van der Waals surface area contributed by atoms with E-state index in [0.29, 0.717) is 12.0 Å². The molecule has 1 atom stereocenters. The number of benzene rings is 1. The summed E-state index contributed by atoms with van der Waals surface area (Å²) in [4.78, 5) is 27.8. The SMILES string of the molecule is CSc1ccc(C(=O)OCC(=O)N(C2CCCC2)[C@H]2CCS(=O)(=O)C2)cc1. The lowest BCUT2D eigenvalue weighted by Gasteiger charge is -2.33. The van der Waals surface area contributed by atoms with Crippen molar-refractivity contribution >= 4 is 33.5 Å². The maximum atomic E-state index is 12.8. The molecule has 8 heteroatoms. The predicted octanol–water partition coefficient (Wildman–Crippen LogP) is 2.52. The normalized spacial score (nSPS) is 21.9. The zero-order chi connectivity index (χ0) is 19.4. The van der Waals surface area contributed by atoms with Gasteiger partial charge in [0, 0.05) is 17.0 Å². The molecule has 27 heavy (non-hydrogen) atoms. The number of hydrogen-bond acceptors (Lipinski definition) is 6. The average Bonchev–Trinajstić information content (AvgIpc) is 3.30. The Morgan fingerprint density at radius 2 is 1.78 bits per heavy atom. The van der Waals surface area contributed by atoms with Gasteiger partial charge in [-0.3, -0.25) is 4.79 Å². The summed E-state index contributed by atoms with van der Waals surface area (Å²) in [7, 11) is -3.09. The molecule has 1 amide bonds. The summed E-state index contributed by atoms with van der Waals surface area (Å²) in [5.74, 6) is -0.700. The van der Waals surface area contributed by atoms with Gasteiger partial charge in [-0.15, -0.1) is 11.8 Å². The quantitative estimate of drug-likeness (QED) is 0.529. The molecule has 1 aromatic carbocycles.